The van der Waals surface area contributed by atoms with Crippen LogP contribution in [0, 0.1) is 5.41 Å². The zero-order valence-corrected chi connectivity index (χ0v) is 19.9. The van der Waals surface area contributed by atoms with Crippen LogP contribution in [0.25, 0.3) is 11.1 Å². The lowest BCUT2D eigenvalue weighted by atomic mass is 9.98. The van der Waals surface area contributed by atoms with Gasteiger partial charge in [0.05, 0.1) is 0 Å². The first-order valence-electron chi connectivity index (χ1n) is 12.0. The Balaban J connectivity index is 1.36. The van der Waals surface area contributed by atoms with E-state index in [1.807, 2.05) is 36.4 Å². The number of hydrogen-bond donors (Lipinski definition) is 3. The second-order valence-electron chi connectivity index (χ2n) is 9.42. The lowest BCUT2D eigenvalue weighted by Gasteiger charge is -2.21. The van der Waals surface area contributed by atoms with Crippen molar-refractivity contribution in [1.29, 1.82) is 0 Å². The van der Waals surface area contributed by atoms with Gasteiger partial charge in [-0.05, 0) is 53.4 Å². The number of carboxylic acid groups (broad SMARTS) is 1. The van der Waals surface area contributed by atoms with E-state index in [1.54, 1.807) is 7.11 Å². The average molecular weight is 481 g/mol. The van der Waals surface area contributed by atoms with Crippen LogP contribution in [0.5, 0.6) is 0 Å². The average Bonchev–Trinajstić information content (AvgIpc) is 3.57. The molecule has 2 aromatic carbocycles. The summed E-state index contributed by atoms with van der Waals surface area (Å²) in [7, 11) is 1.65. The van der Waals surface area contributed by atoms with Crippen LogP contribution in [0.1, 0.15) is 49.1 Å². The number of hydrogen-bond acceptors (Lipinski definition) is 5. The van der Waals surface area contributed by atoms with Gasteiger partial charge in [0.1, 0.15) is 12.6 Å². The zero-order valence-electron chi connectivity index (χ0n) is 19.9. The summed E-state index contributed by atoms with van der Waals surface area (Å²) in [6.07, 6.45) is 1.88. The molecule has 3 N–H and O–H groups in total. The number of rotatable bonds is 12. The van der Waals surface area contributed by atoms with Crippen molar-refractivity contribution in [3.8, 4) is 11.1 Å². The highest BCUT2D eigenvalue weighted by atomic mass is 16.5. The van der Waals surface area contributed by atoms with Gasteiger partial charge < -0.3 is 25.2 Å². The van der Waals surface area contributed by atoms with Crippen LogP contribution >= 0.6 is 0 Å². The highest BCUT2D eigenvalue weighted by molar-refractivity contribution is 5.86. The first-order chi connectivity index (χ1) is 16.9. The number of amides is 2. The summed E-state index contributed by atoms with van der Waals surface area (Å²) in [5.74, 6) is -1.53. The van der Waals surface area contributed by atoms with E-state index in [1.165, 1.54) is 0 Å². The van der Waals surface area contributed by atoms with Crippen molar-refractivity contribution < 1.29 is 29.0 Å². The summed E-state index contributed by atoms with van der Waals surface area (Å²) in [6.45, 7) is 1.22. The summed E-state index contributed by atoms with van der Waals surface area (Å²) in [5.41, 5.74) is 4.46. The Morgan fingerprint density at radius 3 is 2.26 bits per heavy atom. The monoisotopic (exact) mass is 480 g/mol. The second-order valence-corrected chi connectivity index (χ2v) is 9.42. The fourth-order valence-corrected chi connectivity index (χ4v) is 4.73. The predicted octanol–water partition coefficient (Wildman–Crippen LogP) is 3.69. The number of carbonyl (C=O) groups excluding carboxylic acids is 2. The predicted molar refractivity (Wildman–Crippen MR) is 130 cm³/mol. The van der Waals surface area contributed by atoms with Crippen molar-refractivity contribution in [2.45, 2.75) is 44.1 Å². The smallest absolute Gasteiger partial charge is 0.407 e. The molecule has 2 aliphatic rings. The van der Waals surface area contributed by atoms with Gasteiger partial charge in [-0.3, -0.25) is 9.59 Å². The quantitative estimate of drug-likeness (QED) is 0.427. The topological polar surface area (TPSA) is 114 Å². The first kappa shape index (κ1) is 24.7. The van der Waals surface area contributed by atoms with Crippen LogP contribution in [-0.2, 0) is 19.1 Å². The SMILES string of the molecule is COCCC1(CNC(=O)C(CCC(=O)O)NC(=O)OCC2c3ccccc3-c3ccccc32)CC1. The Bertz CT molecular complexity index is 1040. The van der Waals surface area contributed by atoms with E-state index in [0.29, 0.717) is 13.2 Å². The summed E-state index contributed by atoms with van der Waals surface area (Å²) in [5, 5.41) is 14.6. The standard InChI is InChI=1S/C27H32N2O6/c1-34-15-14-27(12-13-27)17-28-25(32)23(10-11-24(30)31)29-26(33)35-16-22-20-8-4-2-6-18(20)19-7-3-5-9-21(19)22/h2-9,22-23H,10-17H2,1H3,(H,28,32)(H,29,33)(H,30,31). The van der Waals surface area contributed by atoms with Crippen molar-refractivity contribution in [2.24, 2.45) is 5.41 Å². The number of nitrogens with one attached hydrogen (secondary N) is 2. The van der Waals surface area contributed by atoms with Gasteiger partial charge in [-0.15, -0.1) is 0 Å². The number of carboxylic acids is 1. The maximum atomic E-state index is 12.8. The molecule has 8 heteroatoms. The maximum absolute atomic E-state index is 12.8. The summed E-state index contributed by atoms with van der Waals surface area (Å²) in [6, 6.07) is 15.1. The van der Waals surface area contributed by atoms with Crippen molar-refractivity contribution in [1.82, 2.24) is 10.6 Å². The summed E-state index contributed by atoms with van der Waals surface area (Å²) >= 11 is 0. The fourth-order valence-electron chi connectivity index (χ4n) is 4.73. The van der Waals surface area contributed by atoms with Crippen LogP contribution in [-0.4, -0.2) is 56.0 Å². The molecule has 8 nitrogen and oxygen atoms in total. The molecule has 1 fully saturated rings. The number of aliphatic carboxylic acids is 1. The Morgan fingerprint density at radius 2 is 1.69 bits per heavy atom. The maximum Gasteiger partial charge on any atom is 0.407 e. The lowest BCUT2D eigenvalue weighted by Crippen LogP contribution is -2.48. The van der Waals surface area contributed by atoms with E-state index in [4.69, 9.17) is 14.6 Å². The van der Waals surface area contributed by atoms with E-state index in [0.717, 1.165) is 41.5 Å². The van der Waals surface area contributed by atoms with Crippen LogP contribution < -0.4 is 10.6 Å². The molecular weight excluding hydrogens is 448 g/mol. The van der Waals surface area contributed by atoms with Crippen molar-refractivity contribution >= 4 is 18.0 Å². The molecule has 4 rings (SSSR count). The minimum atomic E-state index is -1.03. The number of fused-ring (bicyclic) bond motifs is 3. The van der Waals surface area contributed by atoms with Crippen LogP contribution in [0.4, 0.5) is 4.79 Å². The molecule has 1 saturated carbocycles. The molecule has 0 bridgehead atoms. The minimum Gasteiger partial charge on any atom is -0.481 e. The van der Waals surface area contributed by atoms with Crippen LogP contribution in [0.3, 0.4) is 0 Å². The normalized spacial score (nSPS) is 16.0. The first-order valence-corrected chi connectivity index (χ1v) is 12.0. The van der Waals surface area contributed by atoms with Gasteiger partial charge in [-0.1, -0.05) is 48.5 Å². The Labute approximate surface area is 205 Å². The van der Waals surface area contributed by atoms with Crippen molar-refractivity contribution in [2.75, 3.05) is 26.9 Å². The van der Waals surface area contributed by atoms with Gasteiger partial charge in [0.15, 0.2) is 0 Å². The molecule has 0 radical (unpaired) electrons. The van der Waals surface area contributed by atoms with Crippen molar-refractivity contribution in [3.05, 3.63) is 59.7 Å². The number of carbonyl (C=O) groups is 3. The van der Waals surface area contributed by atoms with E-state index < -0.39 is 24.0 Å². The zero-order chi connectivity index (χ0) is 24.8. The molecular formula is C27H32N2O6. The molecule has 0 spiro atoms. The summed E-state index contributed by atoms with van der Waals surface area (Å²) < 4.78 is 10.7. The molecule has 1 unspecified atom stereocenters. The highest BCUT2D eigenvalue weighted by Crippen LogP contribution is 2.48. The molecule has 2 amide bonds. The minimum absolute atomic E-state index is 0.0174. The lowest BCUT2D eigenvalue weighted by molar-refractivity contribution is -0.137. The van der Waals surface area contributed by atoms with Crippen LogP contribution in [0.2, 0.25) is 0 Å². The van der Waals surface area contributed by atoms with E-state index >= 15 is 0 Å². The largest absolute Gasteiger partial charge is 0.481 e. The van der Waals surface area contributed by atoms with Crippen LogP contribution in [0.15, 0.2) is 48.5 Å². The molecule has 0 saturated heterocycles. The van der Waals surface area contributed by atoms with E-state index in [2.05, 4.69) is 22.8 Å². The van der Waals surface area contributed by atoms with Gasteiger partial charge in [0.25, 0.3) is 0 Å². The molecule has 2 aliphatic carbocycles. The van der Waals surface area contributed by atoms with Gasteiger partial charge in [-0.2, -0.15) is 0 Å². The summed E-state index contributed by atoms with van der Waals surface area (Å²) in [4.78, 5) is 36.6. The van der Waals surface area contributed by atoms with Gasteiger partial charge in [-0.25, -0.2) is 4.79 Å². The third-order valence-corrected chi connectivity index (χ3v) is 7.03. The molecule has 0 aromatic heterocycles. The van der Waals surface area contributed by atoms with E-state index in [-0.39, 0.29) is 30.8 Å². The fraction of sp³-hybridized carbons (Fsp3) is 0.444. The van der Waals surface area contributed by atoms with Gasteiger partial charge in [0.2, 0.25) is 5.91 Å². The van der Waals surface area contributed by atoms with Gasteiger partial charge in [0, 0.05) is 32.6 Å². The number of methoxy groups -OCH3 is 1. The van der Waals surface area contributed by atoms with E-state index in [9.17, 15) is 14.4 Å². The molecule has 35 heavy (non-hydrogen) atoms. The third kappa shape index (κ3) is 6.00. The number of ether oxygens (including phenoxy) is 2. The number of alkyl carbamates (subject to hydrolysis) is 1. The van der Waals surface area contributed by atoms with Gasteiger partial charge >= 0.3 is 12.1 Å². The number of benzene rings is 2. The second kappa shape index (κ2) is 10.9. The third-order valence-electron chi connectivity index (χ3n) is 7.03. The molecule has 1 atom stereocenters. The molecule has 0 heterocycles. The van der Waals surface area contributed by atoms with Crippen molar-refractivity contribution in [3.63, 3.8) is 0 Å². The Kier molecular flexibility index (Phi) is 7.70. The molecule has 2 aromatic rings. The molecule has 0 aliphatic heterocycles. The molecule has 186 valence electrons. The highest BCUT2D eigenvalue weighted by Gasteiger charge is 2.42. The Morgan fingerprint density at radius 1 is 1.06 bits per heavy atom. The Hall–Kier alpha value is -3.39.